The van der Waals surface area contributed by atoms with E-state index in [4.69, 9.17) is 4.98 Å². The molecule has 1 fully saturated rings. The zero-order valence-corrected chi connectivity index (χ0v) is 20.8. The molecule has 1 saturated carbocycles. The second-order valence-electron chi connectivity index (χ2n) is 9.95. The van der Waals surface area contributed by atoms with Gasteiger partial charge in [0.2, 0.25) is 0 Å². The summed E-state index contributed by atoms with van der Waals surface area (Å²) in [4.78, 5) is 22.2. The fraction of sp³-hybridized carbons (Fsp3) is 0.259. The Morgan fingerprint density at radius 3 is 2.57 bits per heavy atom. The van der Waals surface area contributed by atoms with Crippen molar-refractivity contribution in [3.63, 3.8) is 0 Å². The number of nitrogens with zero attached hydrogens (tertiary/aromatic N) is 8. The van der Waals surface area contributed by atoms with E-state index in [0.29, 0.717) is 33.9 Å². The lowest BCUT2D eigenvalue weighted by atomic mass is 10.1. The molecule has 0 aliphatic heterocycles. The van der Waals surface area contributed by atoms with Crippen molar-refractivity contribution in [3.8, 4) is 28.3 Å². The van der Waals surface area contributed by atoms with Gasteiger partial charge in [0.1, 0.15) is 11.5 Å². The van der Waals surface area contributed by atoms with Gasteiger partial charge >= 0.3 is 5.69 Å². The third-order valence-corrected chi connectivity index (χ3v) is 7.33. The van der Waals surface area contributed by atoms with Crippen LogP contribution >= 0.6 is 0 Å². The molecular weight excluding hydrogens is 471 g/mol. The van der Waals surface area contributed by atoms with Crippen molar-refractivity contribution in [2.75, 3.05) is 0 Å². The molecule has 0 N–H and O–H groups in total. The summed E-state index contributed by atoms with van der Waals surface area (Å²) in [5.74, 6) is 0.857. The number of imidazole rings is 3. The fourth-order valence-corrected chi connectivity index (χ4v) is 5.16. The van der Waals surface area contributed by atoms with Crippen molar-refractivity contribution >= 4 is 22.1 Å². The highest BCUT2D eigenvalue weighted by atomic mass is 19.1. The Kier molecular flexibility index (Phi) is 4.57. The minimum Gasteiger partial charge on any atom is -0.331 e. The molecule has 9 nitrogen and oxygen atoms in total. The first-order chi connectivity index (χ1) is 17.9. The fourth-order valence-electron chi connectivity index (χ4n) is 5.16. The number of rotatable bonds is 5. The van der Waals surface area contributed by atoms with E-state index >= 15 is 4.39 Å². The molecule has 0 bridgehead atoms. The average molecular weight is 497 g/mol. The minimum absolute atomic E-state index is 0.0199. The zero-order chi connectivity index (χ0) is 25.4. The molecule has 186 valence electrons. The lowest BCUT2D eigenvalue weighted by Gasteiger charge is -2.11. The molecule has 0 spiro atoms. The zero-order valence-electron chi connectivity index (χ0n) is 20.8. The van der Waals surface area contributed by atoms with E-state index in [9.17, 15) is 4.79 Å². The molecule has 37 heavy (non-hydrogen) atoms. The molecular formula is C27H25FN8O. The maximum Gasteiger partial charge on any atom is 0.328 e. The van der Waals surface area contributed by atoms with Crippen LogP contribution in [0.25, 0.3) is 50.4 Å². The molecule has 4 heterocycles. The van der Waals surface area contributed by atoms with Gasteiger partial charge in [-0.2, -0.15) is 5.10 Å². The van der Waals surface area contributed by atoms with Crippen LogP contribution in [0.4, 0.5) is 4.39 Å². The number of benzene rings is 2. The smallest absolute Gasteiger partial charge is 0.328 e. The Hall–Kier alpha value is -4.47. The first-order valence-corrected chi connectivity index (χ1v) is 12.3. The summed E-state index contributed by atoms with van der Waals surface area (Å²) >= 11 is 0. The predicted molar refractivity (Wildman–Crippen MR) is 139 cm³/mol. The molecule has 0 unspecified atom stereocenters. The highest BCUT2D eigenvalue weighted by Gasteiger charge is 2.25. The number of halogens is 1. The first kappa shape index (κ1) is 21.8. The van der Waals surface area contributed by atoms with Gasteiger partial charge < -0.3 is 4.57 Å². The van der Waals surface area contributed by atoms with Crippen molar-refractivity contribution < 1.29 is 4.39 Å². The monoisotopic (exact) mass is 496 g/mol. The van der Waals surface area contributed by atoms with Gasteiger partial charge in [0.15, 0.2) is 5.82 Å². The molecule has 7 rings (SSSR count). The Bertz CT molecular complexity index is 1890. The molecule has 0 amide bonds. The highest BCUT2D eigenvalue weighted by molar-refractivity contribution is 5.88. The summed E-state index contributed by atoms with van der Waals surface area (Å²) < 4.78 is 24.5. The molecule has 1 aliphatic rings. The van der Waals surface area contributed by atoms with Gasteiger partial charge in [-0.25, -0.2) is 19.2 Å². The van der Waals surface area contributed by atoms with Gasteiger partial charge in [-0.1, -0.05) is 0 Å². The summed E-state index contributed by atoms with van der Waals surface area (Å²) in [6.45, 7) is 0.742. The number of hydrogen-bond donors (Lipinski definition) is 0. The summed E-state index contributed by atoms with van der Waals surface area (Å²) in [5, 5.41) is 4.19. The molecule has 6 aromatic rings. The van der Waals surface area contributed by atoms with Crippen molar-refractivity contribution in [2.24, 2.45) is 27.1 Å². The summed E-state index contributed by atoms with van der Waals surface area (Å²) in [7, 11) is 5.50. The number of hydrogen-bond acceptors (Lipinski definition) is 4. The van der Waals surface area contributed by atoms with Crippen LogP contribution in [0, 0.1) is 11.7 Å². The SMILES string of the molecule is Cn1cc(-c2cc3nc(-c4cncn4C)n(-c4ccc5c(c4)n(C)c(=O)n5CC4CC4)c3cc2F)cn1. The first-order valence-electron chi connectivity index (χ1n) is 12.3. The van der Waals surface area contributed by atoms with Crippen LogP contribution < -0.4 is 5.69 Å². The van der Waals surface area contributed by atoms with E-state index in [1.165, 1.54) is 18.9 Å². The van der Waals surface area contributed by atoms with E-state index in [0.717, 1.165) is 29.0 Å². The Morgan fingerprint density at radius 1 is 1.03 bits per heavy atom. The van der Waals surface area contributed by atoms with Crippen molar-refractivity contribution in [2.45, 2.75) is 19.4 Å². The summed E-state index contributed by atoms with van der Waals surface area (Å²) in [5.41, 5.74) is 5.70. The van der Waals surface area contributed by atoms with Gasteiger partial charge in [-0.15, -0.1) is 0 Å². The normalized spacial score (nSPS) is 13.8. The van der Waals surface area contributed by atoms with E-state index in [1.54, 1.807) is 54.3 Å². The Morgan fingerprint density at radius 2 is 1.86 bits per heavy atom. The highest BCUT2D eigenvalue weighted by Crippen LogP contribution is 2.35. The molecule has 10 heteroatoms. The van der Waals surface area contributed by atoms with Gasteiger partial charge in [0.25, 0.3) is 0 Å². The third kappa shape index (κ3) is 3.35. The molecule has 2 aromatic carbocycles. The van der Waals surface area contributed by atoms with Crippen LogP contribution in [-0.2, 0) is 27.7 Å². The van der Waals surface area contributed by atoms with Crippen LogP contribution in [0.5, 0.6) is 0 Å². The predicted octanol–water partition coefficient (Wildman–Crippen LogP) is 4.03. The van der Waals surface area contributed by atoms with Crippen LogP contribution in [0.3, 0.4) is 0 Å². The van der Waals surface area contributed by atoms with Gasteiger partial charge in [-0.3, -0.25) is 18.4 Å². The molecule has 0 radical (unpaired) electrons. The van der Waals surface area contributed by atoms with Crippen LogP contribution in [-0.4, -0.2) is 38.0 Å². The Labute approximate surface area is 211 Å². The summed E-state index contributed by atoms with van der Waals surface area (Å²) in [6.07, 6.45) is 9.22. The minimum atomic E-state index is -0.359. The lowest BCUT2D eigenvalue weighted by molar-refractivity contribution is 0.609. The third-order valence-electron chi connectivity index (χ3n) is 7.33. The van der Waals surface area contributed by atoms with E-state index in [2.05, 4.69) is 10.1 Å². The molecule has 1 aliphatic carbocycles. The largest absolute Gasteiger partial charge is 0.331 e. The van der Waals surface area contributed by atoms with Crippen molar-refractivity contribution in [3.05, 3.63) is 71.6 Å². The second kappa shape index (κ2) is 7.76. The number of aromatic nitrogens is 8. The molecule has 0 saturated heterocycles. The van der Waals surface area contributed by atoms with Gasteiger partial charge in [-0.05, 0) is 43.0 Å². The standard InChI is InChI=1S/C27H25FN8O/c1-32-15-29-12-25(32)26-31-21-9-19(17-11-30-33(2)14-17)20(28)10-23(21)36(26)18-6-7-22-24(8-18)34(3)27(37)35(22)13-16-4-5-16/h6-12,14-16H,4-5,13H2,1-3H3. The number of aryl methyl sites for hydroxylation is 3. The maximum atomic E-state index is 15.5. The second-order valence-corrected chi connectivity index (χ2v) is 9.95. The van der Waals surface area contributed by atoms with E-state index in [1.807, 2.05) is 38.9 Å². The van der Waals surface area contributed by atoms with Crippen LogP contribution in [0.1, 0.15) is 12.8 Å². The van der Waals surface area contributed by atoms with Crippen molar-refractivity contribution in [1.29, 1.82) is 0 Å². The number of fused-ring (bicyclic) bond motifs is 2. The van der Waals surface area contributed by atoms with Crippen molar-refractivity contribution in [1.82, 2.24) is 38.0 Å². The van der Waals surface area contributed by atoms with Gasteiger partial charge in [0, 0.05) is 56.8 Å². The summed E-state index contributed by atoms with van der Waals surface area (Å²) in [6, 6.07) is 9.21. The van der Waals surface area contributed by atoms with E-state index in [-0.39, 0.29) is 11.5 Å². The van der Waals surface area contributed by atoms with Gasteiger partial charge in [0.05, 0.1) is 40.8 Å². The topological polar surface area (TPSA) is 80.4 Å². The lowest BCUT2D eigenvalue weighted by Crippen LogP contribution is -2.22. The molecule has 4 aromatic heterocycles. The van der Waals surface area contributed by atoms with Crippen LogP contribution in [0.2, 0.25) is 0 Å². The quantitative estimate of drug-likeness (QED) is 0.361. The van der Waals surface area contributed by atoms with Crippen LogP contribution in [0.15, 0.2) is 60.0 Å². The van der Waals surface area contributed by atoms with E-state index < -0.39 is 0 Å². The average Bonchev–Trinajstić information content (AvgIpc) is 3.15. The maximum absolute atomic E-state index is 15.5. The Balaban J connectivity index is 1.48. The molecule has 0 atom stereocenters.